The number of hydrogen-bond acceptors (Lipinski definition) is 4. The minimum absolute atomic E-state index is 0.0380. The van der Waals surface area contributed by atoms with Crippen LogP contribution in [0, 0.1) is 0 Å². The fourth-order valence-corrected chi connectivity index (χ4v) is 2.30. The van der Waals surface area contributed by atoms with Gasteiger partial charge in [0, 0.05) is 19.6 Å². The van der Waals surface area contributed by atoms with Crippen LogP contribution in [0.1, 0.15) is 85.0 Å². The zero-order chi connectivity index (χ0) is 17.2. The van der Waals surface area contributed by atoms with E-state index in [1.807, 2.05) is 6.92 Å². The lowest BCUT2D eigenvalue weighted by atomic mass is 10.1. The summed E-state index contributed by atoms with van der Waals surface area (Å²) in [5.74, 6) is -0.107. The summed E-state index contributed by atoms with van der Waals surface area (Å²) in [5, 5.41) is 0. The van der Waals surface area contributed by atoms with Crippen LogP contribution in [0.3, 0.4) is 0 Å². The van der Waals surface area contributed by atoms with Crippen molar-refractivity contribution in [3.05, 3.63) is 0 Å². The molecule has 23 heavy (non-hydrogen) atoms. The number of rotatable bonds is 17. The fraction of sp³-hybridized carbons (Fsp3) is 0.947. The Labute approximate surface area is 143 Å². The number of unbranched alkanes of at least 4 members (excludes halogenated alkanes) is 5. The highest BCUT2D eigenvalue weighted by molar-refractivity contribution is 5.69. The van der Waals surface area contributed by atoms with Crippen LogP contribution < -0.4 is 0 Å². The minimum Gasteiger partial charge on any atom is -0.463 e. The van der Waals surface area contributed by atoms with Crippen LogP contribution in [0.25, 0.3) is 0 Å². The van der Waals surface area contributed by atoms with Crippen LogP contribution in [0.2, 0.25) is 0 Å². The molecule has 0 saturated heterocycles. The monoisotopic (exact) mass is 330 g/mol. The molecule has 0 rings (SSSR count). The van der Waals surface area contributed by atoms with Crippen molar-refractivity contribution in [1.82, 2.24) is 0 Å². The van der Waals surface area contributed by atoms with Crippen LogP contribution in [-0.4, -0.2) is 38.5 Å². The van der Waals surface area contributed by atoms with Gasteiger partial charge in [-0.3, -0.25) is 4.79 Å². The van der Waals surface area contributed by atoms with Crippen molar-refractivity contribution in [3.8, 4) is 0 Å². The van der Waals surface area contributed by atoms with Gasteiger partial charge in [0.2, 0.25) is 0 Å². The third-order valence-electron chi connectivity index (χ3n) is 3.73. The van der Waals surface area contributed by atoms with Gasteiger partial charge in [-0.25, -0.2) is 0 Å². The lowest BCUT2D eigenvalue weighted by Gasteiger charge is -2.13. The Morgan fingerprint density at radius 3 is 2.04 bits per heavy atom. The highest BCUT2D eigenvalue weighted by Gasteiger charge is 2.08. The molecule has 0 heterocycles. The first-order chi connectivity index (χ1) is 11.2. The van der Waals surface area contributed by atoms with Crippen LogP contribution in [0.15, 0.2) is 0 Å². The van der Waals surface area contributed by atoms with Gasteiger partial charge in [-0.05, 0) is 32.6 Å². The second-order valence-corrected chi connectivity index (χ2v) is 6.19. The van der Waals surface area contributed by atoms with Crippen molar-refractivity contribution in [2.75, 3.05) is 26.4 Å². The van der Waals surface area contributed by atoms with Gasteiger partial charge in [-0.1, -0.05) is 46.0 Å². The molecule has 0 N–H and O–H groups in total. The predicted octanol–water partition coefficient (Wildman–Crippen LogP) is 4.89. The van der Waals surface area contributed by atoms with E-state index in [1.54, 1.807) is 0 Å². The molecule has 1 atom stereocenters. The highest BCUT2D eigenvalue weighted by atomic mass is 16.5. The zero-order valence-electron chi connectivity index (χ0n) is 15.6. The molecule has 0 spiro atoms. The molecule has 4 nitrogen and oxygen atoms in total. The van der Waals surface area contributed by atoms with E-state index in [0.29, 0.717) is 26.2 Å². The first-order valence-corrected chi connectivity index (χ1v) is 9.55. The molecule has 1 unspecified atom stereocenters. The maximum atomic E-state index is 11.6. The Hall–Kier alpha value is -0.610. The lowest BCUT2D eigenvalue weighted by molar-refractivity contribution is -0.148. The molecule has 0 aliphatic rings. The Morgan fingerprint density at radius 1 is 0.783 bits per heavy atom. The lowest BCUT2D eigenvalue weighted by Crippen LogP contribution is -2.15. The third kappa shape index (κ3) is 17.6. The number of esters is 1. The molecule has 0 aromatic heterocycles. The van der Waals surface area contributed by atoms with Crippen molar-refractivity contribution < 1.29 is 19.0 Å². The van der Waals surface area contributed by atoms with Crippen LogP contribution in [0.4, 0.5) is 0 Å². The SMILES string of the molecule is CCCCCCOCCOCCCC(=O)OC(C)CCCCC. The fourth-order valence-electron chi connectivity index (χ4n) is 2.30. The van der Waals surface area contributed by atoms with E-state index in [2.05, 4.69) is 13.8 Å². The van der Waals surface area contributed by atoms with Gasteiger partial charge in [0.15, 0.2) is 0 Å². The Bertz CT molecular complexity index is 256. The van der Waals surface area contributed by atoms with Gasteiger partial charge in [-0.2, -0.15) is 0 Å². The summed E-state index contributed by atoms with van der Waals surface area (Å²) in [6.45, 7) is 9.03. The summed E-state index contributed by atoms with van der Waals surface area (Å²) < 4.78 is 16.3. The number of carbonyl (C=O) groups is 1. The Kier molecular flexibility index (Phi) is 17.3. The van der Waals surface area contributed by atoms with Crippen molar-refractivity contribution in [3.63, 3.8) is 0 Å². The van der Waals surface area contributed by atoms with Crippen LogP contribution in [0.5, 0.6) is 0 Å². The summed E-state index contributed by atoms with van der Waals surface area (Å²) >= 11 is 0. The number of hydrogen-bond donors (Lipinski definition) is 0. The normalized spacial score (nSPS) is 12.3. The van der Waals surface area contributed by atoms with E-state index in [-0.39, 0.29) is 12.1 Å². The smallest absolute Gasteiger partial charge is 0.306 e. The average Bonchev–Trinajstić information content (AvgIpc) is 2.52. The molecular formula is C19H38O4. The molecule has 0 aliphatic carbocycles. The van der Waals surface area contributed by atoms with Crippen molar-refractivity contribution in [1.29, 1.82) is 0 Å². The zero-order valence-corrected chi connectivity index (χ0v) is 15.6. The largest absolute Gasteiger partial charge is 0.463 e. The summed E-state index contributed by atoms with van der Waals surface area (Å²) in [4.78, 5) is 11.6. The second-order valence-electron chi connectivity index (χ2n) is 6.19. The molecule has 0 aliphatic heterocycles. The van der Waals surface area contributed by atoms with Gasteiger partial charge < -0.3 is 14.2 Å². The van der Waals surface area contributed by atoms with Gasteiger partial charge in [0.05, 0.1) is 19.3 Å². The van der Waals surface area contributed by atoms with E-state index in [4.69, 9.17) is 14.2 Å². The maximum absolute atomic E-state index is 11.6. The van der Waals surface area contributed by atoms with Crippen molar-refractivity contribution >= 4 is 5.97 Å². The first-order valence-electron chi connectivity index (χ1n) is 9.55. The summed E-state index contributed by atoms with van der Waals surface area (Å²) in [7, 11) is 0. The second kappa shape index (κ2) is 17.7. The highest BCUT2D eigenvalue weighted by Crippen LogP contribution is 2.07. The molecule has 0 bridgehead atoms. The Balaban J connectivity index is 3.26. The number of ether oxygens (including phenoxy) is 3. The van der Waals surface area contributed by atoms with Gasteiger partial charge >= 0.3 is 5.97 Å². The van der Waals surface area contributed by atoms with E-state index in [0.717, 1.165) is 32.3 Å². The first kappa shape index (κ1) is 22.4. The van der Waals surface area contributed by atoms with E-state index in [1.165, 1.54) is 32.1 Å². The molecule has 0 fully saturated rings. The van der Waals surface area contributed by atoms with Gasteiger partial charge in [0.25, 0.3) is 0 Å². The van der Waals surface area contributed by atoms with E-state index in [9.17, 15) is 4.79 Å². The van der Waals surface area contributed by atoms with Crippen molar-refractivity contribution in [2.45, 2.75) is 91.1 Å². The molecule has 0 aromatic carbocycles. The number of carbonyl (C=O) groups excluding carboxylic acids is 1. The Morgan fingerprint density at radius 2 is 1.39 bits per heavy atom. The van der Waals surface area contributed by atoms with Crippen LogP contribution in [-0.2, 0) is 19.0 Å². The summed E-state index contributed by atoms with van der Waals surface area (Å²) in [6.07, 6.45) is 10.6. The van der Waals surface area contributed by atoms with E-state index >= 15 is 0 Å². The van der Waals surface area contributed by atoms with Crippen LogP contribution >= 0.6 is 0 Å². The molecule has 0 aromatic rings. The standard InChI is InChI=1S/C19H38O4/c1-4-6-8-10-14-21-16-17-22-15-11-13-19(20)23-18(3)12-9-7-5-2/h18H,4-17H2,1-3H3. The van der Waals surface area contributed by atoms with Gasteiger partial charge in [0.1, 0.15) is 0 Å². The molecule has 138 valence electrons. The topological polar surface area (TPSA) is 44.8 Å². The van der Waals surface area contributed by atoms with E-state index < -0.39 is 0 Å². The molecule has 0 saturated carbocycles. The summed E-state index contributed by atoms with van der Waals surface area (Å²) in [5.41, 5.74) is 0. The van der Waals surface area contributed by atoms with Gasteiger partial charge in [-0.15, -0.1) is 0 Å². The predicted molar refractivity (Wildman–Crippen MR) is 94.7 cm³/mol. The summed E-state index contributed by atoms with van der Waals surface area (Å²) in [6, 6.07) is 0. The molecule has 0 radical (unpaired) electrons. The quantitative estimate of drug-likeness (QED) is 0.281. The third-order valence-corrected chi connectivity index (χ3v) is 3.73. The molecular weight excluding hydrogens is 292 g/mol. The molecule has 0 amide bonds. The maximum Gasteiger partial charge on any atom is 0.306 e. The average molecular weight is 331 g/mol. The molecule has 4 heteroatoms. The van der Waals surface area contributed by atoms with Crippen molar-refractivity contribution in [2.24, 2.45) is 0 Å². The minimum atomic E-state index is -0.107.